The molecular formula is C11H13Cl2O5P. The Morgan fingerprint density at radius 3 is 2.42 bits per heavy atom. The average Bonchev–Trinajstić information content (AvgIpc) is 2.19. The summed E-state index contributed by atoms with van der Waals surface area (Å²) in [6.07, 6.45) is -0.884. The van der Waals surface area contributed by atoms with Gasteiger partial charge in [0.2, 0.25) is 0 Å². The van der Waals surface area contributed by atoms with E-state index in [0.29, 0.717) is 5.02 Å². The van der Waals surface area contributed by atoms with Gasteiger partial charge in [-0.25, -0.2) is 0 Å². The van der Waals surface area contributed by atoms with Gasteiger partial charge in [0.1, 0.15) is 11.9 Å². The van der Waals surface area contributed by atoms with Crippen LogP contribution in [0.25, 0.3) is 0 Å². The molecule has 0 radical (unpaired) electrons. The fraction of sp³-hybridized carbons (Fsp3) is 0.364. The lowest BCUT2D eigenvalue weighted by Crippen LogP contribution is -2.40. The molecule has 19 heavy (non-hydrogen) atoms. The maximum absolute atomic E-state index is 11.8. The number of carbonyl (C=O) groups excluding carboxylic acids is 1. The van der Waals surface area contributed by atoms with E-state index in [4.69, 9.17) is 37.7 Å². The molecule has 0 saturated heterocycles. The van der Waals surface area contributed by atoms with E-state index in [1.165, 1.54) is 32.0 Å². The molecule has 0 aliphatic rings. The van der Waals surface area contributed by atoms with Crippen LogP contribution in [0, 0.1) is 0 Å². The second-order valence-corrected chi connectivity index (χ2v) is 6.92. The van der Waals surface area contributed by atoms with Crippen LogP contribution in [0.15, 0.2) is 18.2 Å². The first kappa shape index (κ1) is 16.5. The van der Waals surface area contributed by atoms with E-state index < -0.39 is 25.1 Å². The molecule has 0 bridgehead atoms. The van der Waals surface area contributed by atoms with Gasteiger partial charge in [-0.15, -0.1) is 0 Å². The third-order valence-corrected chi connectivity index (χ3v) is 3.51. The van der Waals surface area contributed by atoms with Crippen LogP contribution in [0.4, 0.5) is 0 Å². The Morgan fingerprint density at radius 2 is 1.95 bits per heavy atom. The maximum Gasteiger partial charge on any atom is 0.333 e. The predicted octanol–water partition coefficient (Wildman–Crippen LogP) is 2.90. The van der Waals surface area contributed by atoms with Crippen molar-refractivity contribution < 1.29 is 23.9 Å². The summed E-state index contributed by atoms with van der Waals surface area (Å²) < 4.78 is 16.2. The number of ketones is 1. The predicted molar refractivity (Wildman–Crippen MR) is 73.1 cm³/mol. The molecule has 0 atom stereocenters. The van der Waals surface area contributed by atoms with Gasteiger partial charge >= 0.3 is 7.60 Å². The minimum absolute atomic E-state index is 0.213. The molecule has 8 heteroatoms. The molecule has 0 aromatic heterocycles. The smallest absolute Gasteiger partial charge is 0.333 e. The van der Waals surface area contributed by atoms with Crippen LogP contribution in [0.1, 0.15) is 13.8 Å². The minimum atomic E-state index is -4.43. The number of rotatable bonds is 5. The first-order valence-electron chi connectivity index (χ1n) is 5.23. The van der Waals surface area contributed by atoms with Gasteiger partial charge in [0, 0.05) is 5.02 Å². The first-order chi connectivity index (χ1) is 8.51. The van der Waals surface area contributed by atoms with Gasteiger partial charge in [-0.2, -0.15) is 0 Å². The highest BCUT2D eigenvalue weighted by Gasteiger charge is 2.34. The zero-order chi connectivity index (χ0) is 14.8. The van der Waals surface area contributed by atoms with Crippen LogP contribution in [0.5, 0.6) is 5.75 Å². The highest BCUT2D eigenvalue weighted by atomic mass is 35.5. The molecule has 0 fully saturated rings. The summed E-state index contributed by atoms with van der Waals surface area (Å²) in [5, 5.41) is 0.626. The van der Waals surface area contributed by atoms with E-state index >= 15 is 0 Å². The minimum Gasteiger partial charge on any atom is -0.479 e. The molecule has 0 aliphatic heterocycles. The summed E-state index contributed by atoms with van der Waals surface area (Å²) in [5.74, 6) is -0.498. The Labute approximate surface area is 120 Å². The van der Waals surface area contributed by atoms with Gasteiger partial charge in [-0.3, -0.25) is 9.36 Å². The van der Waals surface area contributed by atoms with Crippen LogP contribution >= 0.6 is 30.8 Å². The standard InChI is InChI=1S/C11H13Cl2O5P/c1-11(2,10(14)6-19(15,16)17)18-9-4-3-7(12)5-8(9)13/h3-5H,6H2,1-2H3,(H2,15,16,17). The van der Waals surface area contributed by atoms with E-state index in [-0.39, 0.29) is 10.8 Å². The lowest BCUT2D eigenvalue weighted by molar-refractivity contribution is -0.129. The summed E-state index contributed by atoms with van der Waals surface area (Å²) in [6.45, 7) is 2.83. The van der Waals surface area contributed by atoms with Crippen molar-refractivity contribution in [1.82, 2.24) is 0 Å². The molecule has 0 spiro atoms. The van der Waals surface area contributed by atoms with Gasteiger partial charge in [-0.05, 0) is 32.0 Å². The summed E-state index contributed by atoms with van der Waals surface area (Å²) in [6, 6.07) is 4.46. The van der Waals surface area contributed by atoms with Crippen LogP contribution < -0.4 is 4.74 Å². The second-order valence-electron chi connectivity index (χ2n) is 4.43. The number of halogens is 2. The molecule has 1 aromatic carbocycles. The van der Waals surface area contributed by atoms with Crippen molar-refractivity contribution in [1.29, 1.82) is 0 Å². The third kappa shape index (κ3) is 5.13. The Bertz CT molecular complexity index is 538. The van der Waals surface area contributed by atoms with Gasteiger partial charge in [0.25, 0.3) is 0 Å². The summed E-state index contributed by atoms with van der Waals surface area (Å²) in [7, 11) is -4.43. The molecule has 0 unspecified atom stereocenters. The molecule has 106 valence electrons. The maximum atomic E-state index is 11.8. The fourth-order valence-corrected chi connectivity index (χ4v) is 2.47. The van der Waals surface area contributed by atoms with Gasteiger partial charge in [0.05, 0.1) is 5.02 Å². The molecule has 5 nitrogen and oxygen atoms in total. The van der Waals surface area contributed by atoms with Crippen molar-refractivity contribution in [3.05, 3.63) is 28.2 Å². The Balaban J connectivity index is 2.90. The number of hydrogen-bond donors (Lipinski definition) is 2. The SMILES string of the molecule is CC(C)(Oc1ccc(Cl)cc1Cl)C(=O)CP(=O)(O)O. The lowest BCUT2D eigenvalue weighted by Gasteiger charge is -2.25. The number of benzene rings is 1. The van der Waals surface area contributed by atoms with E-state index in [1.807, 2.05) is 0 Å². The molecule has 1 rings (SSSR count). The van der Waals surface area contributed by atoms with Crippen molar-refractivity contribution in [2.75, 3.05) is 6.16 Å². The molecule has 2 N–H and O–H groups in total. The summed E-state index contributed by atoms with van der Waals surface area (Å²) in [4.78, 5) is 29.4. The van der Waals surface area contributed by atoms with E-state index in [0.717, 1.165) is 0 Å². The van der Waals surface area contributed by atoms with Crippen LogP contribution in [-0.2, 0) is 9.36 Å². The zero-order valence-electron chi connectivity index (χ0n) is 10.3. The topological polar surface area (TPSA) is 83.8 Å². The van der Waals surface area contributed by atoms with Gasteiger partial charge in [-0.1, -0.05) is 23.2 Å². The van der Waals surface area contributed by atoms with Crippen molar-refractivity contribution in [2.45, 2.75) is 19.4 Å². The molecule has 0 amide bonds. The largest absolute Gasteiger partial charge is 0.479 e. The van der Waals surface area contributed by atoms with Crippen LogP contribution in [0.2, 0.25) is 10.0 Å². The number of hydrogen-bond acceptors (Lipinski definition) is 3. The molecule has 0 heterocycles. The van der Waals surface area contributed by atoms with Crippen LogP contribution in [0.3, 0.4) is 0 Å². The Morgan fingerprint density at radius 1 is 1.37 bits per heavy atom. The fourth-order valence-electron chi connectivity index (χ4n) is 1.27. The van der Waals surface area contributed by atoms with E-state index in [9.17, 15) is 9.36 Å². The Hall–Kier alpha value is -0.580. The highest BCUT2D eigenvalue weighted by Crippen LogP contribution is 2.37. The van der Waals surface area contributed by atoms with Crippen molar-refractivity contribution in [3.63, 3.8) is 0 Å². The van der Waals surface area contributed by atoms with Crippen molar-refractivity contribution >= 4 is 36.6 Å². The van der Waals surface area contributed by atoms with Gasteiger partial charge in [0.15, 0.2) is 11.4 Å². The molecule has 0 aliphatic carbocycles. The number of ether oxygens (including phenoxy) is 1. The average molecular weight is 327 g/mol. The zero-order valence-corrected chi connectivity index (χ0v) is 12.7. The van der Waals surface area contributed by atoms with Crippen molar-refractivity contribution in [2.24, 2.45) is 0 Å². The quantitative estimate of drug-likeness (QED) is 0.813. The second kappa shape index (κ2) is 5.81. The van der Waals surface area contributed by atoms with E-state index in [1.54, 1.807) is 0 Å². The van der Waals surface area contributed by atoms with Crippen LogP contribution in [-0.4, -0.2) is 27.3 Å². The normalized spacial score (nSPS) is 12.3. The van der Waals surface area contributed by atoms with E-state index in [2.05, 4.69) is 0 Å². The number of Topliss-reactive ketones (excluding diaryl/α,β-unsaturated/α-hetero) is 1. The number of carbonyl (C=O) groups is 1. The molecule has 1 aromatic rings. The third-order valence-electron chi connectivity index (χ3n) is 2.28. The summed E-state index contributed by atoms with van der Waals surface area (Å²) in [5.41, 5.74) is -1.40. The first-order valence-corrected chi connectivity index (χ1v) is 7.78. The lowest BCUT2D eigenvalue weighted by atomic mass is 10.1. The Kier molecular flexibility index (Phi) is 5.04. The monoisotopic (exact) mass is 326 g/mol. The van der Waals surface area contributed by atoms with Crippen molar-refractivity contribution in [3.8, 4) is 5.75 Å². The van der Waals surface area contributed by atoms with Gasteiger partial charge < -0.3 is 14.5 Å². The molecule has 0 saturated carbocycles. The summed E-state index contributed by atoms with van der Waals surface area (Å²) >= 11 is 11.6. The molecular weight excluding hydrogens is 314 g/mol. The highest BCUT2D eigenvalue weighted by molar-refractivity contribution is 7.52.